The van der Waals surface area contributed by atoms with E-state index in [9.17, 15) is 4.79 Å². The van der Waals surface area contributed by atoms with Gasteiger partial charge in [-0.25, -0.2) is 0 Å². The number of aromatic nitrogens is 2. The summed E-state index contributed by atoms with van der Waals surface area (Å²) >= 11 is 0. The van der Waals surface area contributed by atoms with Gasteiger partial charge in [-0.1, -0.05) is 0 Å². The van der Waals surface area contributed by atoms with Gasteiger partial charge in [0.2, 0.25) is 0 Å². The molecule has 0 saturated carbocycles. The molecule has 1 atom stereocenters. The van der Waals surface area contributed by atoms with Crippen LogP contribution >= 0.6 is 0 Å². The molecule has 16 heavy (non-hydrogen) atoms. The molecule has 0 spiro atoms. The summed E-state index contributed by atoms with van der Waals surface area (Å²) in [5, 5.41) is 15.6. The van der Waals surface area contributed by atoms with E-state index in [2.05, 4.69) is 10.4 Å². The molecule has 1 unspecified atom stereocenters. The average Bonchev–Trinajstić information content (AvgIpc) is 2.67. The number of aliphatic carboxylic acids is 1. The monoisotopic (exact) mass is 227 g/mol. The van der Waals surface area contributed by atoms with Crippen LogP contribution in [0.2, 0.25) is 0 Å². The Morgan fingerprint density at radius 1 is 1.75 bits per heavy atom. The number of hydrogen-bond acceptors (Lipinski definition) is 4. The van der Waals surface area contributed by atoms with Gasteiger partial charge in [-0.05, 0) is 20.4 Å². The molecule has 6 nitrogen and oxygen atoms in total. The third-order valence-electron chi connectivity index (χ3n) is 2.21. The molecule has 0 saturated heterocycles. The predicted molar refractivity (Wildman–Crippen MR) is 58.5 cm³/mol. The van der Waals surface area contributed by atoms with Gasteiger partial charge in [-0.15, -0.1) is 0 Å². The van der Waals surface area contributed by atoms with Crippen LogP contribution in [0.25, 0.3) is 0 Å². The van der Waals surface area contributed by atoms with Crippen LogP contribution in [-0.4, -0.2) is 40.6 Å². The Balaban J connectivity index is 2.44. The Morgan fingerprint density at radius 2 is 2.50 bits per heavy atom. The van der Waals surface area contributed by atoms with Crippen LogP contribution in [0.1, 0.15) is 13.3 Å². The van der Waals surface area contributed by atoms with Crippen molar-refractivity contribution in [2.45, 2.75) is 25.9 Å². The third kappa shape index (κ3) is 3.54. The second kappa shape index (κ2) is 6.12. The van der Waals surface area contributed by atoms with Gasteiger partial charge >= 0.3 is 5.97 Å². The van der Waals surface area contributed by atoms with Crippen molar-refractivity contribution in [3.05, 3.63) is 12.4 Å². The summed E-state index contributed by atoms with van der Waals surface area (Å²) in [4.78, 5) is 10.7. The highest BCUT2D eigenvalue weighted by Crippen LogP contribution is 2.08. The normalized spacial score (nSPS) is 12.4. The summed E-state index contributed by atoms with van der Waals surface area (Å²) in [6.45, 7) is 3.05. The number of aryl methyl sites for hydroxylation is 1. The van der Waals surface area contributed by atoms with Crippen molar-refractivity contribution >= 4 is 5.97 Å². The van der Waals surface area contributed by atoms with E-state index < -0.39 is 12.0 Å². The summed E-state index contributed by atoms with van der Waals surface area (Å²) in [7, 11) is 1.63. The SMILES string of the molecule is CCOc1cnn(CCC(NC)C(=O)O)c1. The van der Waals surface area contributed by atoms with Crippen LogP contribution in [0, 0.1) is 0 Å². The highest BCUT2D eigenvalue weighted by molar-refractivity contribution is 5.73. The van der Waals surface area contributed by atoms with Crippen LogP contribution in [0.15, 0.2) is 12.4 Å². The minimum atomic E-state index is -0.848. The number of hydrogen-bond donors (Lipinski definition) is 2. The fraction of sp³-hybridized carbons (Fsp3) is 0.600. The number of nitrogens with zero attached hydrogens (tertiary/aromatic N) is 2. The van der Waals surface area contributed by atoms with Gasteiger partial charge in [0.15, 0.2) is 5.75 Å². The molecule has 1 aromatic heterocycles. The molecular weight excluding hydrogens is 210 g/mol. The first-order chi connectivity index (χ1) is 7.67. The standard InChI is InChI=1S/C10H17N3O3/c1-3-16-8-6-12-13(7-8)5-4-9(11-2)10(14)15/h6-7,9,11H,3-5H2,1-2H3,(H,14,15). The first-order valence-electron chi connectivity index (χ1n) is 5.22. The molecule has 1 heterocycles. The van der Waals surface area contributed by atoms with E-state index in [4.69, 9.17) is 9.84 Å². The highest BCUT2D eigenvalue weighted by Gasteiger charge is 2.14. The van der Waals surface area contributed by atoms with Crippen LogP contribution in [0.4, 0.5) is 0 Å². The van der Waals surface area contributed by atoms with E-state index in [1.165, 1.54) is 0 Å². The molecular formula is C10H17N3O3. The largest absolute Gasteiger partial charge is 0.491 e. The fourth-order valence-electron chi connectivity index (χ4n) is 1.36. The van der Waals surface area contributed by atoms with Crippen LogP contribution in [-0.2, 0) is 11.3 Å². The first-order valence-corrected chi connectivity index (χ1v) is 5.22. The van der Waals surface area contributed by atoms with Crippen molar-refractivity contribution < 1.29 is 14.6 Å². The van der Waals surface area contributed by atoms with E-state index in [0.717, 1.165) is 0 Å². The van der Waals surface area contributed by atoms with E-state index in [1.54, 1.807) is 24.1 Å². The van der Waals surface area contributed by atoms with Crippen molar-refractivity contribution in [1.29, 1.82) is 0 Å². The lowest BCUT2D eigenvalue weighted by Gasteiger charge is -2.10. The minimum Gasteiger partial charge on any atom is -0.491 e. The van der Waals surface area contributed by atoms with Gasteiger partial charge in [0.05, 0.1) is 19.0 Å². The lowest BCUT2D eigenvalue weighted by Crippen LogP contribution is -2.34. The Hall–Kier alpha value is -1.56. The van der Waals surface area contributed by atoms with Gasteiger partial charge in [0.25, 0.3) is 0 Å². The Kier molecular flexibility index (Phi) is 4.78. The number of ether oxygens (including phenoxy) is 1. The van der Waals surface area contributed by atoms with Crippen molar-refractivity contribution in [3.8, 4) is 5.75 Å². The van der Waals surface area contributed by atoms with E-state index in [0.29, 0.717) is 25.3 Å². The second-order valence-electron chi connectivity index (χ2n) is 3.34. The molecule has 0 bridgehead atoms. The number of likely N-dealkylation sites (N-methyl/N-ethyl adjacent to an activating group) is 1. The molecule has 0 aliphatic carbocycles. The highest BCUT2D eigenvalue weighted by atomic mass is 16.5. The van der Waals surface area contributed by atoms with E-state index in [-0.39, 0.29) is 0 Å². The molecule has 90 valence electrons. The molecule has 2 N–H and O–H groups in total. The topological polar surface area (TPSA) is 76.4 Å². The van der Waals surface area contributed by atoms with Gasteiger partial charge in [0.1, 0.15) is 6.04 Å². The molecule has 1 rings (SSSR count). The molecule has 0 fully saturated rings. The summed E-state index contributed by atoms with van der Waals surface area (Å²) in [6, 6.07) is -0.542. The number of carboxylic acid groups (broad SMARTS) is 1. The fourth-order valence-corrected chi connectivity index (χ4v) is 1.36. The maximum Gasteiger partial charge on any atom is 0.320 e. The van der Waals surface area contributed by atoms with Gasteiger partial charge < -0.3 is 15.2 Å². The third-order valence-corrected chi connectivity index (χ3v) is 2.21. The summed E-state index contributed by atoms with van der Waals surface area (Å²) < 4.78 is 6.93. The first kappa shape index (κ1) is 12.5. The molecule has 1 aromatic rings. The summed E-state index contributed by atoms with van der Waals surface area (Å²) in [6.07, 6.45) is 3.87. The zero-order chi connectivity index (χ0) is 12.0. The number of nitrogens with one attached hydrogen (secondary N) is 1. The van der Waals surface area contributed by atoms with E-state index >= 15 is 0 Å². The van der Waals surface area contributed by atoms with E-state index in [1.807, 2.05) is 6.92 Å². The molecule has 0 radical (unpaired) electrons. The number of rotatable bonds is 7. The maximum atomic E-state index is 10.7. The number of carboxylic acids is 1. The minimum absolute atomic E-state index is 0.485. The lowest BCUT2D eigenvalue weighted by atomic mass is 10.2. The molecule has 0 amide bonds. The predicted octanol–water partition coefficient (Wildman–Crippen LogP) is 0.344. The van der Waals surface area contributed by atoms with Crippen molar-refractivity contribution in [3.63, 3.8) is 0 Å². The average molecular weight is 227 g/mol. The van der Waals surface area contributed by atoms with Crippen molar-refractivity contribution in [1.82, 2.24) is 15.1 Å². The molecule has 0 aliphatic heterocycles. The van der Waals surface area contributed by atoms with Crippen LogP contribution in [0.5, 0.6) is 5.75 Å². The number of carbonyl (C=O) groups is 1. The lowest BCUT2D eigenvalue weighted by molar-refractivity contribution is -0.139. The van der Waals surface area contributed by atoms with Gasteiger partial charge in [-0.2, -0.15) is 5.10 Å². The zero-order valence-corrected chi connectivity index (χ0v) is 9.51. The summed E-state index contributed by atoms with van der Waals surface area (Å²) in [5.74, 6) is -0.140. The van der Waals surface area contributed by atoms with Gasteiger partial charge in [-0.3, -0.25) is 9.48 Å². The second-order valence-corrected chi connectivity index (χ2v) is 3.34. The van der Waals surface area contributed by atoms with Crippen molar-refractivity contribution in [2.24, 2.45) is 0 Å². The summed E-state index contributed by atoms with van der Waals surface area (Å²) in [5.41, 5.74) is 0. The van der Waals surface area contributed by atoms with Crippen molar-refractivity contribution in [2.75, 3.05) is 13.7 Å². The quantitative estimate of drug-likeness (QED) is 0.702. The molecule has 0 aromatic carbocycles. The molecule has 6 heteroatoms. The van der Waals surface area contributed by atoms with Crippen LogP contribution < -0.4 is 10.1 Å². The molecule has 0 aliphatic rings. The smallest absolute Gasteiger partial charge is 0.320 e. The van der Waals surface area contributed by atoms with Crippen LogP contribution in [0.3, 0.4) is 0 Å². The maximum absolute atomic E-state index is 10.7. The Morgan fingerprint density at radius 3 is 3.06 bits per heavy atom. The Labute approximate surface area is 94.2 Å². The zero-order valence-electron chi connectivity index (χ0n) is 9.51. The Bertz CT molecular complexity index is 338. The van der Waals surface area contributed by atoms with Gasteiger partial charge in [0, 0.05) is 6.54 Å².